The zero-order valence-corrected chi connectivity index (χ0v) is 23.2. The number of amides is 1. The Labute approximate surface area is 216 Å². The van der Waals surface area contributed by atoms with E-state index in [2.05, 4.69) is 4.90 Å². The molecule has 1 amide bonds. The summed E-state index contributed by atoms with van der Waals surface area (Å²) >= 11 is 0. The number of hydrogen-bond acceptors (Lipinski definition) is 7. The Morgan fingerprint density at radius 3 is 2.28 bits per heavy atom. The molecule has 1 aromatic carbocycles. The number of carbonyl (C=O) groups excluding carboxylic acids is 1. The van der Waals surface area contributed by atoms with Crippen molar-refractivity contribution in [3.05, 3.63) is 23.3 Å². The van der Waals surface area contributed by atoms with Crippen LogP contribution in [0.25, 0.3) is 0 Å². The topological polar surface area (TPSA) is 99.6 Å². The van der Waals surface area contributed by atoms with Gasteiger partial charge in [0.15, 0.2) is 0 Å². The minimum Gasteiger partial charge on any atom is -0.497 e. The molecule has 36 heavy (non-hydrogen) atoms. The molecule has 2 fully saturated rings. The third kappa shape index (κ3) is 7.19. The van der Waals surface area contributed by atoms with Gasteiger partial charge in [-0.1, -0.05) is 0 Å². The number of aliphatic hydroxyl groups excluding tert-OH is 1. The van der Waals surface area contributed by atoms with E-state index < -0.39 is 10.0 Å². The van der Waals surface area contributed by atoms with Crippen molar-refractivity contribution in [3.63, 3.8) is 0 Å². The lowest BCUT2D eigenvalue weighted by atomic mass is 9.83. The molecule has 0 unspecified atom stereocenters. The van der Waals surface area contributed by atoms with Crippen molar-refractivity contribution in [2.24, 2.45) is 5.92 Å². The third-order valence-corrected chi connectivity index (χ3v) is 9.83. The van der Waals surface area contributed by atoms with Crippen LogP contribution in [0.1, 0.15) is 43.2 Å². The van der Waals surface area contributed by atoms with E-state index in [0.29, 0.717) is 22.8 Å². The van der Waals surface area contributed by atoms with E-state index in [4.69, 9.17) is 9.47 Å². The second-order valence-electron chi connectivity index (χ2n) is 10.4. The van der Waals surface area contributed by atoms with E-state index in [1.165, 1.54) is 11.4 Å². The maximum atomic E-state index is 13.1. The summed E-state index contributed by atoms with van der Waals surface area (Å²) in [6, 6.07) is 3.65. The van der Waals surface area contributed by atoms with Gasteiger partial charge in [-0.25, -0.2) is 8.42 Å². The number of likely N-dealkylation sites (tertiary alicyclic amines) is 1. The molecule has 9 nitrogen and oxygen atoms in total. The number of β-amino-alcohol motifs (C(OH)–C–C–N with tert-alkyl or cyclic N) is 1. The fraction of sp³-hybridized carbons (Fsp3) is 0.731. The number of ether oxygens (including phenoxy) is 2. The highest BCUT2D eigenvalue weighted by molar-refractivity contribution is 7.89. The van der Waals surface area contributed by atoms with Gasteiger partial charge in [0.1, 0.15) is 12.4 Å². The number of nitrogens with zero attached hydrogens (tertiary/aromatic N) is 3. The Morgan fingerprint density at radius 1 is 1.11 bits per heavy atom. The highest BCUT2D eigenvalue weighted by atomic mass is 32.2. The molecular weight excluding hydrogens is 482 g/mol. The molecule has 0 spiro atoms. The molecule has 0 radical (unpaired) electrons. The van der Waals surface area contributed by atoms with Gasteiger partial charge in [-0.2, -0.15) is 4.31 Å². The summed E-state index contributed by atoms with van der Waals surface area (Å²) in [7, 11) is 1.23. The van der Waals surface area contributed by atoms with Crippen LogP contribution >= 0.6 is 0 Å². The van der Waals surface area contributed by atoms with Gasteiger partial charge >= 0.3 is 0 Å². The number of rotatable bonds is 12. The normalized spacial score (nSPS) is 21.4. The zero-order valence-electron chi connectivity index (χ0n) is 22.4. The smallest absolute Gasteiger partial charge is 0.248 e. The van der Waals surface area contributed by atoms with Gasteiger partial charge in [0, 0.05) is 39.8 Å². The molecule has 1 N–H and O–H groups in total. The van der Waals surface area contributed by atoms with E-state index in [-0.39, 0.29) is 42.7 Å². The van der Waals surface area contributed by atoms with Gasteiger partial charge in [0.25, 0.3) is 0 Å². The quantitative estimate of drug-likeness (QED) is 0.417. The molecule has 0 bridgehead atoms. The summed E-state index contributed by atoms with van der Waals surface area (Å²) in [5.74, 6) is 1.24. The lowest BCUT2D eigenvalue weighted by molar-refractivity contribution is -0.137. The Hall–Kier alpha value is -1.72. The van der Waals surface area contributed by atoms with Crippen molar-refractivity contribution in [2.75, 3.05) is 60.6 Å². The van der Waals surface area contributed by atoms with E-state index in [1.54, 1.807) is 38.0 Å². The van der Waals surface area contributed by atoms with Gasteiger partial charge in [-0.15, -0.1) is 0 Å². The number of sulfonamides is 1. The van der Waals surface area contributed by atoms with Gasteiger partial charge < -0.3 is 19.5 Å². The summed E-state index contributed by atoms with van der Waals surface area (Å²) < 4.78 is 38.3. The van der Waals surface area contributed by atoms with Gasteiger partial charge in [0.2, 0.25) is 15.9 Å². The first-order valence-electron chi connectivity index (χ1n) is 12.9. The molecule has 1 heterocycles. The van der Waals surface area contributed by atoms with E-state index in [9.17, 15) is 18.3 Å². The van der Waals surface area contributed by atoms with Crippen LogP contribution in [-0.2, 0) is 19.6 Å². The SMILES string of the molecule is COc1cc(C)c(S(=O)(=O)N(C)CCOCC(=O)N(C)[C@H]2CC[C@@H](CCN3CC(O)C3)CC2)c(C)c1. The third-order valence-electron chi connectivity index (χ3n) is 7.66. The van der Waals surface area contributed by atoms with Crippen molar-refractivity contribution < 1.29 is 27.8 Å². The van der Waals surface area contributed by atoms with Crippen LogP contribution in [-0.4, -0.2) is 106 Å². The van der Waals surface area contributed by atoms with E-state index >= 15 is 0 Å². The Morgan fingerprint density at radius 2 is 1.72 bits per heavy atom. The number of benzene rings is 1. The predicted octanol–water partition coefficient (Wildman–Crippen LogP) is 2.03. The molecule has 1 aliphatic carbocycles. The van der Waals surface area contributed by atoms with E-state index in [1.807, 2.05) is 7.05 Å². The van der Waals surface area contributed by atoms with Crippen molar-refractivity contribution in [3.8, 4) is 5.75 Å². The van der Waals surface area contributed by atoms with Crippen LogP contribution in [0.4, 0.5) is 0 Å². The average Bonchev–Trinajstić information content (AvgIpc) is 2.82. The molecule has 2 aliphatic rings. The molecule has 1 saturated heterocycles. The second kappa shape index (κ2) is 12.7. The zero-order chi connectivity index (χ0) is 26.5. The predicted molar refractivity (Wildman–Crippen MR) is 139 cm³/mol. The molecule has 0 atom stereocenters. The Balaban J connectivity index is 1.38. The molecular formula is C26H43N3O6S. The minimum atomic E-state index is -3.69. The molecule has 10 heteroatoms. The fourth-order valence-corrected chi connectivity index (χ4v) is 6.84. The molecule has 3 rings (SSSR count). The van der Waals surface area contributed by atoms with Crippen LogP contribution in [0.15, 0.2) is 17.0 Å². The first kappa shape index (κ1) is 28.8. The Bertz CT molecular complexity index is 964. The maximum Gasteiger partial charge on any atom is 0.248 e. The van der Waals surface area contributed by atoms with Crippen LogP contribution in [0.3, 0.4) is 0 Å². The Kier molecular flexibility index (Phi) is 10.2. The summed E-state index contributed by atoms with van der Waals surface area (Å²) in [6.07, 6.45) is 5.24. The summed E-state index contributed by atoms with van der Waals surface area (Å²) in [5.41, 5.74) is 1.26. The molecule has 1 aliphatic heterocycles. The number of hydrogen-bond donors (Lipinski definition) is 1. The number of aryl methyl sites for hydroxylation is 2. The van der Waals surface area contributed by atoms with Crippen LogP contribution < -0.4 is 4.74 Å². The number of likely N-dealkylation sites (N-methyl/N-ethyl adjacent to an activating group) is 2. The van der Waals surface area contributed by atoms with Gasteiger partial charge in [0.05, 0.1) is 24.7 Å². The van der Waals surface area contributed by atoms with Crippen molar-refractivity contribution in [2.45, 2.75) is 63.0 Å². The lowest BCUT2D eigenvalue weighted by Gasteiger charge is -2.38. The highest BCUT2D eigenvalue weighted by Gasteiger charge is 2.29. The first-order chi connectivity index (χ1) is 17.0. The number of carbonyl (C=O) groups is 1. The van der Waals surface area contributed by atoms with Crippen LogP contribution in [0.2, 0.25) is 0 Å². The van der Waals surface area contributed by atoms with Crippen LogP contribution in [0, 0.1) is 19.8 Å². The van der Waals surface area contributed by atoms with Crippen molar-refractivity contribution in [1.29, 1.82) is 0 Å². The van der Waals surface area contributed by atoms with Gasteiger partial charge in [-0.3, -0.25) is 9.69 Å². The summed E-state index contributed by atoms with van der Waals surface area (Å²) in [5, 5.41) is 9.40. The van der Waals surface area contributed by atoms with Gasteiger partial charge in [-0.05, 0) is 81.7 Å². The lowest BCUT2D eigenvalue weighted by Crippen LogP contribution is -2.51. The van der Waals surface area contributed by atoms with E-state index in [0.717, 1.165) is 51.7 Å². The molecule has 204 valence electrons. The van der Waals surface area contributed by atoms with Crippen molar-refractivity contribution >= 4 is 15.9 Å². The minimum absolute atomic E-state index is 0.0534. The standard InChI is InChI=1S/C26H43N3O6S/c1-19-14-24(34-5)15-20(2)26(19)36(32,33)27(3)12-13-35-18-25(31)28(4)22-8-6-21(7-9-22)10-11-29-16-23(30)17-29/h14-15,21-23,30H,6-13,16-18H2,1-5H3/t21-,22+. The van der Waals surface area contributed by atoms with Crippen molar-refractivity contribution in [1.82, 2.24) is 14.1 Å². The highest BCUT2D eigenvalue weighted by Crippen LogP contribution is 2.30. The first-order valence-corrected chi connectivity index (χ1v) is 14.3. The average molecular weight is 526 g/mol. The molecule has 1 saturated carbocycles. The molecule has 0 aromatic heterocycles. The largest absolute Gasteiger partial charge is 0.497 e. The second-order valence-corrected chi connectivity index (χ2v) is 12.3. The summed E-state index contributed by atoms with van der Waals surface area (Å²) in [4.78, 5) is 17.0. The fourth-order valence-electron chi connectivity index (χ4n) is 5.28. The summed E-state index contributed by atoms with van der Waals surface area (Å²) in [6.45, 7) is 6.41. The number of methoxy groups -OCH3 is 1. The van der Waals surface area contributed by atoms with Crippen LogP contribution in [0.5, 0.6) is 5.75 Å². The number of aliphatic hydroxyl groups is 1. The monoisotopic (exact) mass is 525 g/mol. The maximum absolute atomic E-state index is 13.1. The molecule has 1 aromatic rings.